The van der Waals surface area contributed by atoms with Gasteiger partial charge in [-0.1, -0.05) is 90.8 Å². The zero-order chi connectivity index (χ0) is 12.7. The number of hydrogen-bond acceptors (Lipinski definition) is 0. The van der Waals surface area contributed by atoms with Crippen LogP contribution in [0, 0.1) is 5.92 Å². The van der Waals surface area contributed by atoms with Crippen molar-refractivity contribution in [2.24, 2.45) is 5.92 Å². The molecule has 1 aliphatic rings. The Balaban J connectivity index is 2.71. The van der Waals surface area contributed by atoms with E-state index in [2.05, 4.69) is 27.7 Å². The minimum Gasteiger partial charge on any atom is -0.0657 e. The summed E-state index contributed by atoms with van der Waals surface area (Å²) in [5.74, 6) is 1.02. The Kier molecular flexibility index (Phi) is 6.84. The number of hydrogen-bond donors (Lipinski definition) is 0. The third kappa shape index (κ3) is 4.12. The molecular weight excluding hydrogens is 220 g/mol. The molecule has 1 rings (SSSR count). The highest BCUT2D eigenvalue weighted by Gasteiger charge is 2.39. The first kappa shape index (κ1) is 15.3. The van der Waals surface area contributed by atoms with Gasteiger partial charge in [0.1, 0.15) is 0 Å². The summed E-state index contributed by atoms with van der Waals surface area (Å²) >= 11 is 0. The SMILES string of the molecule is CCC[Si](CCC)(CCC)C1CCC(C)CC1. The Labute approximate surface area is 111 Å². The van der Waals surface area contributed by atoms with Crippen LogP contribution in [0.4, 0.5) is 0 Å². The van der Waals surface area contributed by atoms with Crippen LogP contribution >= 0.6 is 0 Å². The molecule has 0 radical (unpaired) electrons. The first-order valence-electron chi connectivity index (χ1n) is 8.18. The van der Waals surface area contributed by atoms with Crippen LogP contribution in [0.3, 0.4) is 0 Å². The highest BCUT2D eigenvalue weighted by Crippen LogP contribution is 2.46. The van der Waals surface area contributed by atoms with Gasteiger partial charge in [0.2, 0.25) is 0 Å². The van der Waals surface area contributed by atoms with E-state index < -0.39 is 8.07 Å². The van der Waals surface area contributed by atoms with Crippen molar-refractivity contribution in [3.63, 3.8) is 0 Å². The Bertz CT molecular complexity index is 175. The summed E-state index contributed by atoms with van der Waals surface area (Å²) in [6, 6.07) is 4.86. The molecule has 1 heteroatoms. The standard InChI is InChI=1S/C16H34Si/c1-5-12-17(13-6-2,14-7-3)16-10-8-15(4)9-11-16/h15-16H,5-14H2,1-4H3. The van der Waals surface area contributed by atoms with Crippen molar-refractivity contribution in [2.45, 2.75) is 96.3 Å². The van der Waals surface area contributed by atoms with E-state index in [4.69, 9.17) is 0 Å². The average molecular weight is 255 g/mol. The lowest BCUT2D eigenvalue weighted by atomic mass is 9.90. The van der Waals surface area contributed by atoms with Crippen molar-refractivity contribution < 1.29 is 0 Å². The van der Waals surface area contributed by atoms with Crippen LogP contribution in [0.2, 0.25) is 23.7 Å². The van der Waals surface area contributed by atoms with Crippen LogP contribution in [0.1, 0.15) is 72.6 Å². The first-order valence-corrected chi connectivity index (χ1v) is 10.9. The van der Waals surface area contributed by atoms with Crippen LogP contribution in [0.15, 0.2) is 0 Å². The Morgan fingerprint density at radius 3 is 1.53 bits per heavy atom. The first-order chi connectivity index (χ1) is 8.18. The summed E-state index contributed by atoms with van der Waals surface area (Å²) in [5.41, 5.74) is 1.18. The molecule has 1 fully saturated rings. The predicted molar refractivity (Wildman–Crippen MR) is 82.4 cm³/mol. The zero-order valence-electron chi connectivity index (χ0n) is 12.7. The summed E-state index contributed by atoms with van der Waals surface area (Å²) < 4.78 is 0. The maximum absolute atomic E-state index is 2.46. The van der Waals surface area contributed by atoms with Gasteiger partial charge < -0.3 is 0 Å². The summed E-state index contributed by atoms with van der Waals surface area (Å²) in [6.07, 6.45) is 10.5. The second-order valence-corrected chi connectivity index (χ2v) is 11.6. The van der Waals surface area contributed by atoms with E-state index in [0.717, 1.165) is 5.92 Å². The predicted octanol–water partition coefficient (Wildman–Crippen LogP) is 6.25. The Morgan fingerprint density at radius 1 is 0.765 bits per heavy atom. The van der Waals surface area contributed by atoms with Gasteiger partial charge in [0.25, 0.3) is 0 Å². The zero-order valence-corrected chi connectivity index (χ0v) is 13.7. The van der Waals surface area contributed by atoms with E-state index in [1.54, 1.807) is 31.0 Å². The molecule has 0 atom stereocenters. The molecule has 0 aromatic carbocycles. The van der Waals surface area contributed by atoms with Crippen LogP contribution in [-0.2, 0) is 0 Å². The largest absolute Gasteiger partial charge is 0.0657 e. The van der Waals surface area contributed by atoms with Crippen LogP contribution in [0.5, 0.6) is 0 Å². The summed E-state index contributed by atoms with van der Waals surface area (Å²) in [4.78, 5) is 0. The molecule has 0 unspecified atom stereocenters. The molecule has 0 heterocycles. The summed E-state index contributed by atoms with van der Waals surface area (Å²) in [5, 5.41) is 0. The molecular formula is C16H34Si. The lowest BCUT2D eigenvalue weighted by Crippen LogP contribution is -2.41. The van der Waals surface area contributed by atoms with Gasteiger partial charge >= 0.3 is 0 Å². The minimum absolute atomic E-state index is 0.924. The summed E-state index contributed by atoms with van der Waals surface area (Å²) in [6.45, 7) is 9.70. The average Bonchev–Trinajstić information content (AvgIpc) is 2.30. The maximum Gasteiger partial charge on any atom is 0.0566 e. The number of rotatable bonds is 7. The highest BCUT2D eigenvalue weighted by atomic mass is 28.3. The van der Waals surface area contributed by atoms with Gasteiger partial charge in [0, 0.05) is 0 Å². The van der Waals surface area contributed by atoms with Crippen molar-refractivity contribution in [1.82, 2.24) is 0 Å². The van der Waals surface area contributed by atoms with Crippen molar-refractivity contribution in [3.05, 3.63) is 0 Å². The molecule has 0 saturated heterocycles. The molecule has 17 heavy (non-hydrogen) atoms. The van der Waals surface area contributed by atoms with Crippen molar-refractivity contribution >= 4 is 8.07 Å². The molecule has 0 aliphatic heterocycles. The smallest absolute Gasteiger partial charge is 0.0566 e. The third-order valence-electron chi connectivity index (χ3n) is 5.13. The maximum atomic E-state index is 2.46. The van der Waals surface area contributed by atoms with Gasteiger partial charge in [0.05, 0.1) is 8.07 Å². The minimum atomic E-state index is -0.924. The van der Waals surface area contributed by atoms with Crippen LogP contribution in [-0.4, -0.2) is 8.07 Å². The van der Waals surface area contributed by atoms with E-state index in [-0.39, 0.29) is 0 Å². The fourth-order valence-electron chi connectivity index (χ4n) is 4.35. The molecule has 0 amide bonds. The molecule has 0 spiro atoms. The van der Waals surface area contributed by atoms with Crippen LogP contribution < -0.4 is 0 Å². The van der Waals surface area contributed by atoms with Gasteiger partial charge in [-0.05, 0) is 11.5 Å². The normalized spacial score (nSPS) is 26.1. The highest BCUT2D eigenvalue weighted by molar-refractivity contribution is 6.81. The van der Waals surface area contributed by atoms with Crippen LogP contribution in [0.25, 0.3) is 0 Å². The second-order valence-electron chi connectivity index (χ2n) is 6.57. The van der Waals surface area contributed by atoms with E-state index >= 15 is 0 Å². The van der Waals surface area contributed by atoms with Crippen molar-refractivity contribution in [3.8, 4) is 0 Å². The van der Waals surface area contributed by atoms with Crippen molar-refractivity contribution in [2.75, 3.05) is 0 Å². The molecule has 0 aromatic heterocycles. The topological polar surface area (TPSA) is 0 Å². The molecule has 0 bridgehead atoms. The molecule has 0 aromatic rings. The second kappa shape index (κ2) is 7.61. The molecule has 0 N–H and O–H groups in total. The fourth-order valence-corrected chi connectivity index (χ4v) is 10.9. The quantitative estimate of drug-likeness (QED) is 0.471. The lowest BCUT2D eigenvalue weighted by molar-refractivity contribution is 0.376. The molecule has 0 nitrogen and oxygen atoms in total. The van der Waals surface area contributed by atoms with Gasteiger partial charge in [-0.3, -0.25) is 0 Å². The third-order valence-corrected chi connectivity index (χ3v) is 11.9. The van der Waals surface area contributed by atoms with E-state index in [9.17, 15) is 0 Å². The fraction of sp³-hybridized carbons (Fsp3) is 1.00. The van der Waals surface area contributed by atoms with E-state index in [0.29, 0.717) is 0 Å². The molecule has 1 saturated carbocycles. The summed E-state index contributed by atoms with van der Waals surface area (Å²) in [7, 11) is -0.924. The van der Waals surface area contributed by atoms with Crippen molar-refractivity contribution in [1.29, 1.82) is 0 Å². The van der Waals surface area contributed by atoms with E-state index in [1.807, 2.05) is 0 Å². The molecule has 1 aliphatic carbocycles. The van der Waals surface area contributed by atoms with Gasteiger partial charge in [-0.15, -0.1) is 0 Å². The van der Waals surface area contributed by atoms with Gasteiger partial charge in [-0.25, -0.2) is 0 Å². The van der Waals surface area contributed by atoms with Gasteiger partial charge in [-0.2, -0.15) is 0 Å². The Hall–Kier alpha value is 0.217. The van der Waals surface area contributed by atoms with Gasteiger partial charge in [0.15, 0.2) is 0 Å². The van der Waals surface area contributed by atoms with E-state index in [1.165, 1.54) is 37.6 Å². The Morgan fingerprint density at radius 2 is 1.18 bits per heavy atom. The monoisotopic (exact) mass is 254 g/mol. The molecule has 102 valence electrons. The lowest BCUT2D eigenvalue weighted by Gasteiger charge is -2.42.